The first-order valence-corrected chi connectivity index (χ1v) is 15.0. The minimum absolute atomic E-state index is 0.390. The Morgan fingerprint density at radius 1 is 1.05 bits per heavy atom. The van der Waals surface area contributed by atoms with Crippen LogP contribution in [0.25, 0.3) is 0 Å². The zero-order valence-electron chi connectivity index (χ0n) is 13.0. The molecule has 0 radical (unpaired) electrons. The average molecular weight is 330 g/mol. The Morgan fingerprint density at radius 2 is 1.60 bits per heavy atom. The Morgan fingerprint density at radius 3 is 2.10 bits per heavy atom. The molecule has 1 N–H and O–H groups in total. The predicted molar refractivity (Wildman–Crippen MR) is 87.6 cm³/mol. The number of hydrogen-bond donors (Lipinski definition) is 1. The lowest BCUT2D eigenvalue weighted by molar-refractivity contribution is 0.238. The molecule has 112 valence electrons. The van der Waals surface area contributed by atoms with E-state index in [4.69, 9.17) is 4.18 Å². The van der Waals surface area contributed by atoms with Crippen molar-refractivity contribution in [3.05, 3.63) is 0 Å². The van der Waals surface area contributed by atoms with Crippen molar-refractivity contribution in [2.24, 2.45) is 0 Å². The van der Waals surface area contributed by atoms with Crippen LogP contribution in [-0.4, -0.2) is 36.7 Å². The largest absolute Gasteiger partial charge is 0.337 e. The molecule has 0 bridgehead atoms. The highest BCUT2D eigenvalue weighted by molar-refractivity contribution is 7.85. The van der Waals surface area contributed by atoms with Gasteiger partial charge in [0.15, 0.2) is 0 Å². The third-order valence-corrected chi connectivity index (χ3v) is 5.13. The minimum atomic E-state index is -3.67. The van der Waals surface area contributed by atoms with Gasteiger partial charge in [-0.05, 0) is 0 Å². The van der Waals surface area contributed by atoms with Gasteiger partial charge in [0.25, 0.3) is 0 Å². The molecule has 1 fully saturated rings. The summed E-state index contributed by atoms with van der Waals surface area (Å²) < 4.78 is 30.5. The summed E-state index contributed by atoms with van der Waals surface area (Å²) in [5.74, 6) is 6.07. The van der Waals surface area contributed by atoms with Gasteiger partial charge in [-0.25, -0.2) is 0 Å². The number of hydrogen-bond acceptors (Lipinski definition) is 3. The van der Waals surface area contributed by atoms with Crippen LogP contribution in [-0.2, 0) is 14.5 Å². The van der Waals surface area contributed by atoms with E-state index >= 15 is 0 Å². The smallest absolute Gasteiger partial charge is 0.251 e. The zero-order chi connectivity index (χ0) is 15.6. The summed E-state index contributed by atoms with van der Waals surface area (Å²) >= 11 is 0. The van der Waals surface area contributed by atoms with Gasteiger partial charge in [0.2, 0.25) is 0 Å². The molecule has 0 saturated carbocycles. The molecule has 1 rings (SSSR count). The molecular weight excluding hydrogens is 306 g/mol. The summed E-state index contributed by atoms with van der Waals surface area (Å²) in [5.41, 5.74) is 6.40. The third-order valence-electron chi connectivity index (χ3n) is 2.26. The van der Waals surface area contributed by atoms with E-state index in [-0.39, 0.29) is 0 Å². The molecule has 0 aromatic heterocycles. The van der Waals surface area contributed by atoms with Gasteiger partial charge in [-0.15, -0.1) is 17.0 Å². The molecule has 1 aliphatic heterocycles. The van der Waals surface area contributed by atoms with Crippen LogP contribution in [0.15, 0.2) is 0 Å². The Hall–Kier alpha value is -0.576. The predicted octanol–water partition coefficient (Wildman–Crippen LogP) is 1.74. The summed E-state index contributed by atoms with van der Waals surface area (Å²) in [7, 11) is -6.67. The second-order valence-electron chi connectivity index (χ2n) is 6.96. The van der Waals surface area contributed by atoms with E-state index in [1.54, 1.807) is 0 Å². The van der Waals surface area contributed by atoms with Gasteiger partial charge in [-0.2, -0.15) is 13.1 Å². The fourth-order valence-electron chi connectivity index (χ4n) is 1.46. The SMILES string of the molecule is C[Si](C)(C)C#CC[C@H]1OS(=O)(=O)N[C@H]1C#C[Si](C)(C)C. The molecule has 0 spiro atoms. The van der Waals surface area contributed by atoms with Crippen LogP contribution in [0, 0.1) is 22.9 Å². The number of nitrogens with one attached hydrogen (secondary N) is 1. The topological polar surface area (TPSA) is 55.4 Å². The maximum Gasteiger partial charge on any atom is 0.337 e. The molecule has 0 aromatic rings. The highest BCUT2D eigenvalue weighted by Gasteiger charge is 2.36. The van der Waals surface area contributed by atoms with Gasteiger partial charge in [-0.1, -0.05) is 45.2 Å². The van der Waals surface area contributed by atoms with Crippen molar-refractivity contribution in [1.29, 1.82) is 0 Å². The van der Waals surface area contributed by atoms with Crippen LogP contribution >= 0.6 is 0 Å². The molecule has 0 unspecified atom stereocenters. The summed E-state index contributed by atoms with van der Waals surface area (Å²) in [6.45, 7) is 12.8. The number of rotatable bonds is 1. The van der Waals surface area contributed by atoms with Crippen molar-refractivity contribution in [1.82, 2.24) is 4.72 Å². The van der Waals surface area contributed by atoms with Gasteiger partial charge in [0.1, 0.15) is 28.3 Å². The monoisotopic (exact) mass is 329 g/mol. The third kappa shape index (κ3) is 6.73. The molecule has 4 nitrogen and oxygen atoms in total. The Bertz CT molecular complexity index is 580. The van der Waals surface area contributed by atoms with Crippen LogP contribution in [0.5, 0.6) is 0 Å². The van der Waals surface area contributed by atoms with E-state index in [2.05, 4.69) is 66.9 Å². The lowest BCUT2D eigenvalue weighted by Gasteiger charge is -2.10. The highest BCUT2D eigenvalue weighted by atomic mass is 32.2. The van der Waals surface area contributed by atoms with E-state index in [1.165, 1.54) is 0 Å². The van der Waals surface area contributed by atoms with Crippen molar-refractivity contribution < 1.29 is 12.6 Å². The van der Waals surface area contributed by atoms with Crippen LogP contribution in [0.1, 0.15) is 6.42 Å². The lowest BCUT2D eigenvalue weighted by Crippen LogP contribution is -2.31. The van der Waals surface area contributed by atoms with Crippen LogP contribution < -0.4 is 4.72 Å². The zero-order valence-corrected chi connectivity index (χ0v) is 15.8. The normalized spacial score (nSPS) is 25.3. The van der Waals surface area contributed by atoms with Gasteiger partial charge in [-0.3, -0.25) is 4.18 Å². The van der Waals surface area contributed by atoms with Crippen molar-refractivity contribution >= 4 is 26.5 Å². The van der Waals surface area contributed by atoms with Gasteiger partial charge in [0, 0.05) is 6.42 Å². The first-order chi connectivity index (χ1) is 8.88. The molecule has 20 heavy (non-hydrogen) atoms. The van der Waals surface area contributed by atoms with Crippen molar-refractivity contribution in [3.8, 4) is 22.9 Å². The Kier molecular flexibility index (Phi) is 5.28. The molecule has 0 aromatic carbocycles. The Balaban J connectivity index is 2.85. The van der Waals surface area contributed by atoms with E-state index in [1.807, 2.05) is 0 Å². The standard InChI is InChI=1S/C13H23NO3SSi2/c1-19(2,3)10-7-8-13-12(9-11-20(4,5)6)14-18(15,16)17-13/h12-14H,8H2,1-6H3/t12-,13+/m0/s1. The van der Waals surface area contributed by atoms with E-state index in [9.17, 15) is 8.42 Å². The molecule has 2 atom stereocenters. The summed E-state index contributed by atoms with van der Waals surface area (Å²) in [5, 5.41) is 0. The molecule has 1 aliphatic rings. The van der Waals surface area contributed by atoms with Gasteiger partial charge >= 0.3 is 10.3 Å². The van der Waals surface area contributed by atoms with Crippen molar-refractivity contribution in [2.45, 2.75) is 57.8 Å². The van der Waals surface area contributed by atoms with Crippen LogP contribution in [0.3, 0.4) is 0 Å². The molecule has 0 amide bonds. The van der Waals surface area contributed by atoms with Crippen molar-refractivity contribution in [3.63, 3.8) is 0 Å². The van der Waals surface area contributed by atoms with E-state index in [0.717, 1.165) is 0 Å². The van der Waals surface area contributed by atoms with Crippen LogP contribution in [0.4, 0.5) is 0 Å². The second kappa shape index (κ2) is 6.04. The van der Waals surface area contributed by atoms with Crippen LogP contribution in [0.2, 0.25) is 39.3 Å². The summed E-state index contributed by atoms with van der Waals surface area (Å²) in [6.07, 6.45) is -0.116. The highest BCUT2D eigenvalue weighted by Crippen LogP contribution is 2.16. The summed E-state index contributed by atoms with van der Waals surface area (Å²) in [4.78, 5) is 0. The Labute approximate surface area is 125 Å². The molecule has 1 saturated heterocycles. The molecular formula is C13H23NO3SSi2. The fourth-order valence-corrected chi connectivity index (χ4v) is 3.77. The first-order valence-electron chi connectivity index (χ1n) is 6.61. The second-order valence-corrected chi connectivity index (χ2v) is 17.8. The first kappa shape index (κ1) is 17.5. The van der Waals surface area contributed by atoms with Crippen molar-refractivity contribution in [2.75, 3.05) is 0 Å². The lowest BCUT2D eigenvalue weighted by atomic mass is 10.1. The van der Waals surface area contributed by atoms with E-state index in [0.29, 0.717) is 6.42 Å². The van der Waals surface area contributed by atoms with Gasteiger partial charge in [0.05, 0.1) is 0 Å². The van der Waals surface area contributed by atoms with E-state index < -0.39 is 38.6 Å². The molecule has 1 heterocycles. The minimum Gasteiger partial charge on any atom is -0.251 e. The average Bonchev–Trinajstić information content (AvgIpc) is 2.47. The maximum absolute atomic E-state index is 11.5. The molecule has 7 heteroatoms. The van der Waals surface area contributed by atoms with Gasteiger partial charge < -0.3 is 0 Å². The maximum atomic E-state index is 11.5. The molecule has 0 aliphatic carbocycles. The summed E-state index contributed by atoms with van der Waals surface area (Å²) in [6, 6.07) is -0.484. The quantitative estimate of drug-likeness (QED) is 0.589. The fraction of sp³-hybridized carbons (Fsp3) is 0.692.